The van der Waals surface area contributed by atoms with Gasteiger partial charge in [0.05, 0.1) is 6.04 Å². The smallest absolute Gasteiger partial charge is 0.326 e. The van der Waals surface area contributed by atoms with Crippen LogP contribution in [0, 0.1) is 5.92 Å². The van der Waals surface area contributed by atoms with Crippen LogP contribution in [0.3, 0.4) is 0 Å². The summed E-state index contributed by atoms with van der Waals surface area (Å²) in [6.45, 7) is 3.85. The summed E-state index contributed by atoms with van der Waals surface area (Å²) >= 11 is 0. The largest absolute Gasteiger partial charge is 0.480 e. The number of nitrogens with two attached hydrogens (primary N) is 3. The lowest BCUT2D eigenvalue weighted by Gasteiger charge is -2.26. The van der Waals surface area contributed by atoms with Crippen LogP contribution >= 0.6 is 0 Å². The molecule has 226 valence electrons. The minimum absolute atomic E-state index is 0.150. The lowest BCUT2D eigenvalue weighted by molar-refractivity contribution is -0.144. The highest BCUT2D eigenvalue weighted by atomic mass is 16.4. The Kier molecular flexibility index (Phi) is 13.2. The Balaban J connectivity index is 2.17. The Morgan fingerprint density at radius 1 is 0.951 bits per heavy atom. The van der Waals surface area contributed by atoms with E-state index in [1.165, 1.54) is 0 Å². The van der Waals surface area contributed by atoms with Crippen LogP contribution in [-0.2, 0) is 30.4 Å². The monoisotopic (exact) mass is 573 g/mol. The molecule has 11 N–H and O–H groups in total. The Morgan fingerprint density at radius 3 is 2.22 bits per heavy atom. The Morgan fingerprint density at radius 2 is 1.59 bits per heavy atom. The van der Waals surface area contributed by atoms with Crippen LogP contribution in [0.15, 0.2) is 30.5 Å². The van der Waals surface area contributed by atoms with Gasteiger partial charge in [0, 0.05) is 23.5 Å². The van der Waals surface area contributed by atoms with Gasteiger partial charge in [0.15, 0.2) is 0 Å². The molecule has 2 rings (SSSR count). The van der Waals surface area contributed by atoms with Gasteiger partial charge in [0.25, 0.3) is 0 Å². The van der Waals surface area contributed by atoms with E-state index in [0.29, 0.717) is 25.8 Å². The number of hydrogen-bond acceptors (Lipinski definition) is 7. The molecule has 0 bridgehead atoms. The molecule has 1 aromatic heterocycles. The molecule has 13 nitrogen and oxygen atoms in total. The molecule has 2 aromatic rings. The molecule has 1 heterocycles. The van der Waals surface area contributed by atoms with Crippen molar-refractivity contribution in [2.75, 3.05) is 6.54 Å². The number of amides is 4. The van der Waals surface area contributed by atoms with Gasteiger partial charge in [-0.15, -0.1) is 0 Å². The Hall–Kier alpha value is -3.97. The van der Waals surface area contributed by atoms with Crippen molar-refractivity contribution in [1.29, 1.82) is 0 Å². The molecular formula is C28H43N7O6. The molecule has 0 aliphatic carbocycles. The number of aliphatic carboxylic acids is 1. The summed E-state index contributed by atoms with van der Waals surface area (Å²) in [4.78, 5) is 65.8. The van der Waals surface area contributed by atoms with E-state index in [2.05, 4.69) is 20.9 Å². The average Bonchev–Trinajstić information content (AvgIpc) is 3.34. The van der Waals surface area contributed by atoms with Crippen molar-refractivity contribution < 1.29 is 29.1 Å². The zero-order valence-electron chi connectivity index (χ0n) is 23.7. The molecule has 13 heteroatoms. The number of unbranched alkanes of at least 4 members (excludes halogenated alkanes) is 1. The van der Waals surface area contributed by atoms with E-state index in [-0.39, 0.29) is 31.6 Å². The van der Waals surface area contributed by atoms with E-state index in [0.717, 1.165) is 16.5 Å². The van der Waals surface area contributed by atoms with Crippen LogP contribution in [0.25, 0.3) is 10.9 Å². The van der Waals surface area contributed by atoms with Gasteiger partial charge in [-0.2, -0.15) is 0 Å². The molecule has 5 unspecified atom stereocenters. The zero-order chi connectivity index (χ0) is 30.5. The zero-order valence-corrected chi connectivity index (χ0v) is 23.7. The number of aromatic amines is 1. The van der Waals surface area contributed by atoms with Gasteiger partial charge in [0.2, 0.25) is 23.6 Å². The molecule has 0 radical (unpaired) electrons. The van der Waals surface area contributed by atoms with Gasteiger partial charge in [-0.25, -0.2) is 4.79 Å². The highest BCUT2D eigenvalue weighted by molar-refractivity contribution is 5.94. The lowest BCUT2D eigenvalue weighted by atomic mass is 9.98. The quantitative estimate of drug-likeness (QED) is 0.113. The minimum atomic E-state index is -1.25. The summed E-state index contributed by atoms with van der Waals surface area (Å²) in [5, 5.41) is 18.2. The number of benzene rings is 1. The van der Waals surface area contributed by atoms with Gasteiger partial charge in [-0.05, 0) is 56.2 Å². The number of rotatable bonds is 18. The van der Waals surface area contributed by atoms with Crippen LogP contribution in [0.1, 0.15) is 57.9 Å². The normalized spacial score (nSPS) is 14.8. The van der Waals surface area contributed by atoms with Gasteiger partial charge in [-0.1, -0.05) is 38.5 Å². The van der Waals surface area contributed by atoms with E-state index in [1.54, 1.807) is 20.0 Å². The van der Waals surface area contributed by atoms with Crippen molar-refractivity contribution in [2.24, 2.45) is 23.1 Å². The highest BCUT2D eigenvalue weighted by Gasteiger charge is 2.32. The minimum Gasteiger partial charge on any atom is -0.480 e. The molecule has 0 spiro atoms. The summed E-state index contributed by atoms with van der Waals surface area (Å²) in [6.07, 6.45) is 3.47. The number of carbonyl (C=O) groups excluding carboxylic acids is 4. The lowest BCUT2D eigenvalue weighted by Crippen LogP contribution is -2.58. The van der Waals surface area contributed by atoms with Crippen molar-refractivity contribution >= 4 is 40.5 Å². The second-order valence-corrected chi connectivity index (χ2v) is 10.3. The van der Waals surface area contributed by atoms with Crippen LogP contribution in [-0.4, -0.2) is 70.4 Å². The molecule has 0 aliphatic heterocycles. The summed E-state index contributed by atoms with van der Waals surface area (Å²) < 4.78 is 0. The van der Waals surface area contributed by atoms with E-state index in [4.69, 9.17) is 17.2 Å². The number of carboxylic acid groups (broad SMARTS) is 1. The van der Waals surface area contributed by atoms with Crippen molar-refractivity contribution in [3.8, 4) is 0 Å². The summed E-state index contributed by atoms with van der Waals surface area (Å²) in [6, 6.07) is 3.16. The number of nitrogens with one attached hydrogen (secondary N) is 4. The number of H-pyrrole nitrogens is 1. The van der Waals surface area contributed by atoms with Crippen molar-refractivity contribution in [3.63, 3.8) is 0 Å². The average molecular weight is 574 g/mol. The predicted octanol–water partition coefficient (Wildman–Crippen LogP) is 0.0173. The standard InChI is InChI=1S/C28H43N7O6/c1-3-16(2)24(28(40)41)35-27(39)22(11-12-23(31)36)34-26(38)21(10-6-7-13-29)33-25(37)19(30)14-17-15-32-20-9-5-4-8-18(17)20/h4-5,8-9,15-16,19,21-22,24,32H,3,6-7,10-14,29-30H2,1-2H3,(H2,31,36)(H,33,37)(H,34,38)(H,35,39)(H,40,41). The Labute approximate surface area is 239 Å². The number of fused-ring (bicyclic) bond motifs is 1. The fourth-order valence-corrected chi connectivity index (χ4v) is 4.44. The first-order valence-electron chi connectivity index (χ1n) is 13.9. The number of aromatic nitrogens is 1. The summed E-state index contributed by atoms with van der Waals surface area (Å²) in [5.74, 6) is -4.28. The van der Waals surface area contributed by atoms with Crippen molar-refractivity contribution in [1.82, 2.24) is 20.9 Å². The Bertz CT molecular complexity index is 1200. The van der Waals surface area contributed by atoms with Gasteiger partial charge in [-0.3, -0.25) is 19.2 Å². The fraction of sp³-hybridized carbons (Fsp3) is 0.536. The topological polar surface area (TPSA) is 236 Å². The van der Waals surface area contributed by atoms with E-state index in [1.807, 2.05) is 24.3 Å². The fourth-order valence-electron chi connectivity index (χ4n) is 4.44. The molecule has 1 aromatic carbocycles. The SMILES string of the molecule is CCC(C)C(NC(=O)C(CCC(N)=O)NC(=O)C(CCCCN)NC(=O)C(N)Cc1c[nH]c2ccccc12)C(=O)O. The molecule has 0 saturated heterocycles. The van der Waals surface area contributed by atoms with Crippen LogP contribution in [0.2, 0.25) is 0 Å². The first-order chi connectivity index (χ1) is 19.5. The molecule has 4 amide bonds. The maximum absolute atomic E-state index is 13.3. The second kappa shape index (κ2) is 16.3. The number of hydrogen-bond donors (Lipinski definition) is 8. The van der Waals surface area contributed by atoms with Crippen molar-refractivity contribution in [3.05, 3.63) is 36.0 Å². The molecule has 0 aliphatic rings. The van der Waals surface area contributed by atoms with Crippen molar-refractivity contribution in [2.45, 2.75) is 83.0 Å². The number of carbonyl (C=O) groups is 5. The number of primary amides is 1. The maximum Gasteiger partial charge on any atom is 0.326 e. The van der Waals surface area contributed by atoms with E-state index in [9.17, 15) is 29.1 Å². The van der Waals surface area contributed by atoms with Gasteiger partial charge in [0.1, 0.15) is 18.1 Å². The highest BCUT2D eigenvalue weighted by Crippen LogP contribution is 2.19. The third-order valence-corrected chi connectivity index (χ3v) is 7.12. The summed E-state index contributed by atoms with van der Waals surface area (Å²) in [7, 11) is 0. The first-order valence-corrected chi connectivity index (χ1v) is 13.9. The van der Waals surface area contributed by atoms with Crippen LogP contribution in [0.5, 0.6) is 0 Å². The molecule has 41 heavy (non-hydrogen) atoms. The van der Waals surface area contributed by atoms with Gasteiger partial charge < -0.3 is 43.2 Å². The number of carboxylic acids is 1. The molecule has 0 fully saturated rings. The summed E-state index contributed by atoms with van der Waals surface area (Å²) in [5.41, 5.74) is 18.8. The van der Waals surface area contributed by atoms with Gasteiger partial charge >= 0.3 is 5.97 Å². The van der Waals surface area contributed by atoms with E-state index < -0.39 is 53.8 Å². The molecule has 5 atom stereocenters. The second-order valence-electron chi connectivity index (χ2n) is 10.3. The van der Waals surface area contributed by atoms with Crippen LogP contribution in [0.4, 0.5) is 0 Å². The predicted molar refractivity (Wildman–Crippen MR) is 154 cm³/mol. The third-order valence-electron chi connectivity index (χ3n) is 7.12. The molecule has 0 saturated carbocycles. The molecular weight excluding hydrogens is 530 g/mol. The first kappa shape index (κ1) is 33.2. The maximum atomic E-state index is 13.3. The number of para-hydroxylation sites is 1. The van der Waals surface area contributed by atoms with E-state index >= 15 is 0 Å². The van der Waals surface area contributed by atoms with Crippen LogP contribution < -0.4 is 33.2 Å². The third kappa shape index (κ3) is 10.2.